The normalized spacial score (nSPS) is 10.2. The minimum Gasteiger partial charge on any atom is -0.618 e. The van der Waals surface area contributed by atoms with Crippen molar-refractivity contribution in [3.05, 3.63) is 41.7 Å². The Morgan fingerprint density at radius 1 is 1.23 bits per heavy atom. The first-order chi connectivity index (χ1) is 6.33. The highest BCUT2D eigenvalue weighted by molar-refractivity contribution is 5.82. The molecule has 0 aliphatic carbocycles. The Morgan fingerprint density at radius 3 is 2.77 bits per heavy atom. The fraction of sp³-hybridized carbons (Fsp3) is 0.100. The minimum atomic E-state index is 0.627. The van der Waals surface area contributed by atoms with Crippen LogP contribution >= 0.6 is 0 Å². The predicted molar refractivity (Wildman–Crippen MR) is 49.5 cm³/mol. The molecule has 0 bridgehead atoms. The Labute approximate surface area is 75.8 Å². The molecular weight excluding hydrogens is 166 g/mol. The van der Waals surface area contributed by atoms with Crippen LogP contribution in [0.1, 0.15) is 0 Å². The third-order valence-corrected chi connectivity index (χ3v) is 1.99. The lowest BCUT2D eigenvalue weighted by Crippen LogP contribution is -2.25. The fourth-order valence-electron chi connectivity index (χ4n) is 1.36. The maximum absolute atomic E-state index is 11.3. The average Bonchev–Trinajstić information content (AvgIpc) is 2.19. The summed E-state index contributed by atoms with van der Waals surface area (Å²) >= 11 is 0. The Bertz CT molecular complexity index is 440. The van der Waals surface area contributed by atoms with Crippen molar-refractivity contribution in [3.8, 4) is 5.75 Å². The second-order valence-electron chi connectivity index (χ2n) is 2.73. The molecule has 1 aromatic carbocycles. The van der Waals surface area contributed by atoms with Gasteiger partial charge in [0.05, 0.1) is 12.5 Å². The quantitative estimate of drug-likeness (QED) is 0.486. The molecule has 0 unspecified atom stereocenters. The zero-order chi connectivity index (χ0) is 9.26. The van der Waals surface area contributed by atoms with Crippen LogP contribution in [0.25, 0.3) is 10.9 Å². The van der Waals surface area contributed by atoms with E-state index in [0.29, 0.717) is 5.52 Å². The summed E-state index contributed by atoms with van der Waals surface area (Å²) in [5.74, 6) is 0.725. The molecule has 0 aliphatic rings. The number of aromatic nitrogens is 1. The molecule has 2 aromatic rings. The number of hydrogen-bond donors (Lipinski definition) is 0. The molecule has 2 rings (SSSR count). The van der Waals surface area contributed by atoms with Crippen molar-refractivity contribution < 1.29 is 9.47 Å². The van der Waals surface area contributed by atoms with Gasteiger partial charge < -0.3 is 9.94 Å². The van der Waals surface area contributed by atoms with E-state index in [1.54, 1.807) is 19.2 Å². The molecule has 13 heavy (non-hydrogen) atoms. The maximum Gasteiger partial charge on any atom is 0.227 e. The molecule has 0 radical (unpaired) electrons. The first-order valence-electron chi connectivity index (χ1n) is 3.98. The summed E-state index contributed by atoms with van der Waals surface area (Å²) < 4.78 is 5.96. The number of methoxy groups -OCH3 is 1. The van der Waals surface area contributed by atoms with Crippen LogP contribution in [0.2, 0.25) is 0 Å². The van der Waals surface area contributed by atoms with Gasteiger partial charge in [0.25, 0.3) is 0 Å². The second kappa shape index (κ2) is 2.94. The number of benzene rings is 1. The van der Waals surface area contributed by atoms with Crippen molar-refractivity contribution in [2.45, 2.75) is 0 Å². The highest BCUT2D eigenvalue weighted by atomic mass is 16.5. The van der Waals surface area contributed by atoms with E-state index in [0.717, 1.165) is 15.9 Å². The summed E-state index contributed by atoms with van der Waals surface area (Å²) in [5, 5.41) is 12.1. The van der Waals surface area contributed by atoms with E-state index >= 15 is 0 Å². The molecule has 66 valence electrons. The van der Waals surface area contributed by atoms with E-state index in [-0.39, 0.29) is 0 Å². The average molecular weight is 175 g/mol. The van der Waals surface area contributed by atoms with E-state index in [9.17, 15) is 5.21 Å². The van der Waals surface area contributed by atoms with E-state index in [2.05, 4.69) is 0 Å². The largest absolute Gasteiger partial charge is 0.618 e. The van der Waals surface area contributed by atoms with Gasteiger partial charge in [-0.2, -0.15) is 4.73 Å². The molecule has 3 heteroatoms. The second-order valence-corrected chi connectivity index (χ2v) is 2.73. The molecule has 0 N–H and O–H groups in total. The molecular formula is C10H9NO2. The van der Waals surface area contributed by atoms with Gasteiger partial charge in [-0.3, -0.25) is 0 Å². The van der Waals surface area contributed by atoms with Crippen LogP contribution < -0.4 is 9.47 Å². The standard InChI is InChI=1S/C10H9NO2/c1-13-10-6-7-11(12)9-5-3-2-4-8(9)10/h2-7H,1H3. The molecule has 1 heterocycles. The van der Waals surface area contributed by atoms with Crippen LogP contribution in [0.3, 0.4) is 0 Å². The number of ether oxygens (including phenoxy) is 1. The lowest BCUT2D eigenvalue weighted by Gasteiger charge is -2.04. The van der Waals surface area contributed by atoms with Gasteiger partial charge in [-0.1, -0.05) is 12.1 Å². The van der Waals surface area contributed by atoms with E-state index in [1.165, 1.54) is 6.20 Å². The van der Waals surface area contributed by atoms with Gasteiger partial charge in [-0.05, 0) is 6.07 Å². The van der Waals surface area contributed by atoms with Crippen molar-refractivity contribution in [2.24, 2.45) is 0 Å². The monoisotopic (exact) mass is 175 g/mol. The van der Waals surface area contributed by atoms with Crippen molar-refractivity contribution in [3.63, 3.8) is 0 Å². The summed E-state index contributed by atoms with van der Waals surface area (Å²) in [4.78, 5) is 0. The Kier molecular flexibility index (Phi) is 1.77. The Hall–Kier alpha value is -1.77. The number of rotatable bonds is 1. The fourth-order valence-corrected chi connectivity index (χ4v) is 1.36. The summed E-state index contributed by atoms with van der Waals surface area (Å²) in [6.45, 7) is 0. The zero-order valence-corrected chi connectivity index (χ0v) is 7.23. The first kappa shape index (κ1) is 7.86. The number of para-hydroxylation sites is 1. The van der Waals surface area contributed by atoms with Crippen molar-refractivity contribution in [2.75, 3.05) is 7.11 Å². The lowest BCUT2D eigenvalue weighted by atomic mass is 10.2. The molecule has 0 spiro atoms. The van der Waals surface area contributed by atoms with Crippen molar-refractivity contribution >= 4 is 10.9 Å². The van der Waals surface area contributed by atoms with Gasteiger partial charge in [0.1, 0.15) is 5.75 Å². The number of nitrogens with zero attached hydrogens (tertiary/aromatic N) is 1. The molecule has 0 atom stereocenters. The van der Waals surface area contributed by atoms with Crippen LogP contribution in [0, 0.1) is 5.21 Å². The molecule has 0 amide bonds. The topological polar surface area (TPSA) is 36.2 Å². The molecule has 1 aromatic heterocycles. The van der Waals surface area contributed by atoms with Gasteiger partial charge in [0.2, 0.25) is 5.52 Å². The number of pyridine rings is 1. The third-order valence-electron chi connectivity index (χ3n) is 1.99. The lowest BCUT2D eigenvalue weighted by molar-refractivity contribution is -0.577. The summed E-state index contributed by atoms with van der Waals surface area (Å²) in [6.07, 6.45) is 1.45. The highest BCUT2D eigenvalue weighted by Gasteiger charge is 2.06. The molecule has 0 aliphatic heterocycles. The maximum atomic E-state index is 11.3. The van der Waals surface area contributed by atoms with Gasteiger partial charge in [-0.15, -0.1) is 0 Å². The smallest absolute Gasteiger partial charge is 0.227 e. The predicted octanol–water partition coefficient (Wildman–Crippen LogP) is 1.48. The van der Waals surface area contributed by atoms with Gasteiger partial charge in [0.15, 0.2) is 6.20 Å². The summed E-state index contributed by atoms with van der Waals surface area (Å²) in [6, 6.07) is 9.00. The van der Waals surface area contributed by atoms with E-state index in [1.807, 2.05) is 18.2 Å². The number of hydrogen-bond acceptors (Lipinski definition) is 2. The molecule has 0 saturated carbocycles. The van der Waals surface area contributed by atoms with Crippen LogP contribution in [0.15, 0.2) is 36.5 Å². The minimum absolute atomic E-state index is 0.627. The van der Waals surface area contributed by atoms with Crippen LogP contribution in [-0.4, -0.2) is 7.11 Å². The van der Waals surface area contributed by atoms with Gasteiger partial charge in [0, 0.05) is 12.1 Å². The van der Waals surface area contributed by atoms with E-state index in [4.69, 9.17) is 4.74 Å². The molecule has 0 saturated heterocycles. The SMILES string of the molecule is COc1cc[n+]([O-])c2ccccc12. The zero-order valence-electron chi connectivity index (χ0n) is 7.23. The summed E-state index contributed by atoms with van der Waals surface area (Å²) in [7, 11) is 1.59. The highest BCUT2D eigenvalue weighted by Crippen LogP contribution is 2.21. The van der Waals surface area contributed by atoms with Crippen LogP contribution in [-0.2, 0) is 0 Å². The van der Waals surface area contributed by atoms with Crippen molar-refractivity contribution in [1.29, 1.82) is 0 Å². The van der Waals surface area contributed by atoms with Gasteiger partial charge >= 0.3 is 0 Å². The number of fused-ring (bicyclic) bond motifs is 1. The molecule has 3 nitrogen and oxygen atoms in total. The first-order valence-corrected chi connectivity index (χ1v) is 3.98. The van der Waals surface area contributed by atoms with Crippen LogP contribution in [0.4, 0.5) is 0 Å². The Morgan fingerprint density at radius 2 is 2.00 bits per heavy atom. The van der Waals surface area contributed by atoms with Gasteiger partial charge in [-0.25, -0.2) is 0 Å². The summed E-state index contributed by atoms with van der Waals surface area (Å²) in [5.41, 5.74) is 0.627. The van der Waals surface area contributed by atoms with E-state index < -0.39 is 0 Å². The van der Waals surface area contributed by atoms with Crippen molar-refractivity contribution in [1.82, 2.24) is 0 Å². The van der Waals surface area contributed by atoms with Crippen LogP contribution in [0.5, 0.6) is 5.75 Å². The molecule has 0 fully saturated rings. The third kappa shape index (κ3) is 1.18. The Balaban J connectivity index is 2.84.